The summed E-state index contributed by atoms with van der Waals surface area (Å²) in [5.74, 6) is 0.268. The number of alkyl halides is 3. The van der Waals surface area contributed by atoms with Gasteiger partial charge in [-0.3, -0.25) is 9.36 Å². The Labute approximate surface area is 191 Å². The summed E-state index contributed by atoms with van der Waals surface area (Å²) in [7, 11) is 2.20. The predicted octanol–water partition coefficient (Wildman–Crippen LogP) is 3.07. The SMILES string of the molecule is COC(=O)[C@H](C)Oc1ccccc1COc1ccc(-n2c(=O)cc(C(F)(F)F)n(C)c2=O)cc1. The molecule has 0 aliphatic heterocycles. The molecule has 0 amide bonds. The first kappa shape index (κ1) is 24.6. The van der Waals surface area contributed by atoms with Gasteiger partial charge in [-0.05, 0) is 37.3 Å². The molecule has 34 heavy (non-hydrogen) atoms. The van der Waals surface area contributed by atoms with E-state index < -0.39 is 35.2 Å². The van der Waals surface area contributed by atoms with Crippen LogP contribution < -0.4 is 20.7 Å². The molecule has 180 valence electrons. The van der Waals surface area contributed by atoms with Crippen LogP contribution in [0.1, 0.15) is 18.2 Å². The molecule has 8 nitrogen and oxygen atoms in total. The first-order valence-corrected chi connectivity index (χ1v) is 9.99. The Morgan fingerprint density at radius 2 is 1.71 bits per heavy atom. The normalized spacial score (nSPS) is 12.2. The van der Waals surface area contributed by atoms with Gasteiger partial charge in [0.2, 0.25) is 0 Å². The van der Waals surface area contributed by atoms with Crippen LogP contribution in [0.2, 0.25) is 0 Å². The monoisotopic (exact) mass is 478 g/mol. The lowest BCUT2D eigenvalue weighted by atomic mass is 10.2. The van der Waals surface area contributed by atoms with Gasteiger partial charge in [-0.25, -0.2) is 14.2 Å². The Hall–Kier alpha value is -4.02. The number of carbonyl (C=O) groups excluding carboxylic acids is 1. The van der Waals surface area contributed by atoms with Crippen molar-refractivity contribution in [2.24, 2.45) is 7.05 Å². The maximum absolute atomic E-state index is 13.0. The zero-order valence-electron chi connectivity index (χ0n) is 18.5. The highest BCUT2D eigenvalue weighted by Crippen LogP contribution is 2.27. The smallest absolute Gasteiger partial charge is 0.431 e. The molecule has 0 fully saturated rings. The highest BCUT2D eigenvalue weighted by Gasteiger charge is 2.35. The minimum absolute atomic E-state index is 0.0748. The molecule has 2 aromatic carbocycles. The average molecular weight is 478 g/mol. The average Bonchev–Trinajstić information content (AvgIpc) is 2.80. The van der Waals surface area contributed by atoms with Crippen LogP contribution in [-0.4, -0.2) is 28.3 Å². The highest BCUT2D eigenvalue weighted by atomic mass is 19.4. The number of methoxy groups -OCH3 is 1. The van der Waals surface area contributed by atoms with Gasteiger partial charge in [0.1, 0.15) is 23.8 Å². The number of ether oxygens (including phenoxy) is 3. The van der Waals surface area contributed by atoms with Crippen LogP contribution >= 0.6 is 0 Å². The van der Waals surface area contributed by atoms with Crippen molar-refractivity contribution < 1.29 is 32.2 Å². The first-order chi connectivity index (χ1) is 16.0. The van der Waals surface area contributed by atoms with Crippen LogP contribution in [0.3, 0.4) is 0 Å². The van der Waals surface area contributed by atoms with E-state index in [0.29, 0.717) is 32.3 Å². The van der Waals surface area contributed by atoms with Crippen molar-refractivity contribution in [1.82, 2.24) is 9.13 Å². The second kappa shape index (κ2) is 9.86. The topological polar surface area (TPSA) is 88.8 Å². The highest BCUT2D eigenvalue weighted by molar-refractivity contribution is 5.74. The third-order valence-electron chi connectivity index (χ3n) is 4.91. The quantitative estimate of drug-likeness (QED) is 0.485. The molecular formula is C23H21F3N2O6. The standard InChI is InChI=1S/C23H21F3N2O6/c1-14(21(30)32-3)34-18-7-5-4-6-15(18)13-33-17-10-8-16(9-11-17)28-20(29)12-19(23(24,25)26)27(2)22(28)31/h4-12,14H,13H2,1-3H3/t14-/m0/s1. The Morgan fingerprint density at radius 3 is 2.32 bits per heavy atom. The molecule has 0 aliphatic carbocycles. The molecule has 3 aromatic rings. The molecular weight excluding hydrogens is 457 g/mol. The molecule has 1 atom stereocenters. The Bertz CT molecular complexity index is 1300. The van der Waals surface area contributed by atoms with Crippen LogP contribution in [0.5, 0.6) is 11.5 Å². The predicted molar refractivity (Wildman–Crippen MR) is 115 cm³/mol. The fraction of sp³-hybridized carbons (Fsp3) is 0.261. The third-order valence-corrected chi connectivity index (χ3v) is 4.91. The minimum atomic E-state index is -4.83. The molecule has 0 N–H and O–H groups in total. The number of hydrogen-bond donors (Lipinski definition) is 0. The number of hydrogen-bond acceptors (Lipinski definition) is 6. The second-order valence-corrected chi connectivity index (χ2v) is 7.22. The Balaban J connectivity index is 1.79. The minimum Gasteiger partial charge on any atom is -0.489 e. The van der Waals surface area contributed by atoms with Crippen molar-refractivity contribution in [3.63, 3.8) is 0 Å². The van der Waals surface area contributed by atoms with Gasteiger partial charge < -0.3 is 14.2 Å². The lowest BCUT2D eigenvalue weighted by Gasteiger charge is -2.16. The van der Waals surface area contributed by atoms with Gasteiger partial charge in [0.05, 0.1) is 12.8 Å². The zero-order valence-corrected chi connectivity index (χ0v) is 18.5. The van der Waals surface area contributed by atoms with E-state index in [1.54, 1.807) is 31.2 Å². The molecule has 0 saturated carbocycles. The summed E-state index contributed by atoms with van der Waals surface area (Å²) in [5, 5.41) is 0. The van der Waals surface area contributed by atoms with Crippen molar-refractivity contribution in [1.29, 1.82) is 0 Å². The van der Waals surface area contributed by atoms with Crippen molar-refractivity contribution in [3.05, 3.63) is 86.7 Å². The molecule has 1 heterocycles. The molecule has 0 bridgehead atoms. The van der Waals surface area contributed by atoms with Crippen LogP contribution in [0, 0.1) is 0 Å². The van der Waals surface area contributed by atoms with Crippen LogP contribution in [0.4, 0.5) is 13.2 Å². The van der Waals surface area contributed by atoms with E-state index >= 15 is 0 Å². The number of benzene rings is 2. The maximum atomic E-state index is 13.0. The zero-order chi connectivity index (χ0) is 25.0. The van der Waals surface area contributed by atoms with E-state index in [0.717, 1.165) is 7.05 Å². The summed E-state index contributed by atoms with van der Waals surface area (Å²) >= 11 is 0. The lowest BCUT2D eigenvalue weighted by Crippen LogP contribution is -2.40. The summed E-state index contributed by atoms with van der Waals surface area (Å²) < 4.78 is 56.1. The number of rotatable bonds is 7. The summed E-state index contributed by atoms with van der Waals surface area (Å²) in [6.45, 7) is 1.63. The molecule has 0 unspecified atom stereocenters. The Kier molecular flexibility index (Phi) is 7.14. The number of halogens is 3. The van der Waals surface area contributed by atoms with Gasteiger partial charge in [-0.1, -0.05) is 18.2 Å². The number of para-hydroxylation sites is 1. The van der Waals surface area contributed by atoms with Crippen LogP contribution in [-0.2, 0) is 29.4 Å². The molecule has 0 radical (unpaired) electrons. The van der Waals surface area contributed by atoms with Gasteiger partial charge in [0, 0.05) is 18.7 Å². The van der Waals surface area contributed by atoms with Gasteiger partial charge in [0.15, 0.2) is 6.10 Å². The number of aromatic nitrogens is 2. The van der Waals surface area contributed by atoms with Crippen LogP contribution in [0.15, 0.2) is 64.2 Å². The molecule has 0 aliphatic rings. The summed E-state index contributed by atoms with van der Waals surface area (Å²) in [4.78, 5) is 36.2. The summed E-state index contributed by atoms with van der Waals surface area (Å²) in [6, 6.07) is 13.0. The lowest BCUT2D eigenvalue weighted by molar-refractivity contribution is -0.148. The van der Waals surface area contributed by atoms with E-state index in [1.165, 1.54) is 31.4 Å². The van der Waals surface area contributed by atoms with E-state index in [9.17, 15) is 27.6 Å². The van der Waals surface area contributed by atoms with Gasteiger partial charge in [-0.2, -0.15) is 13.2 Å². The number of nitrogens with zero attached hydrogens (tertiary/aromatic N) is 2. The molecule has 1 aromatic heterocycles. The van der Waals surface area contributed by atoms with E-state index in [4.69, 9.17) is 9.47 Å². The molecule has 3 rings (SSSR count). The third kappa shape index (κ3) is 5.30. The van der Waals surface area contributed by atoms with Crippen LogP contribution in [0.25, 0.3) is 5.69 Å². The van der Waals surface area contributed by atoms with Crippen molar-refractivity contribution >= 4 is 5.97 Å². The fourth-order valence-electron chi connectivity index (χ4n) is 3.13. The number of carbonyl (C=O) groups is 1. The van der Waals surface area contributed by atoms with Gasteiger partial charge >= 0.3 is 17.8 Å². The van der Waals surface area contributed by atoms with Gasteiger partial charge in [-0.15, -0.1) is 0 Å². The number of esters is 1. The van der Waals surface area contributed by atoms with Crippen molar-refractivity contribution in [2.75, 3.05) is 7.11 Å². The summed E-state index contributed by atoms with van der Waals surface area (Å²) in [6.07, 6.45) is -5.66. The van der Waals surface area contributed by atoms with E-state index in [1.807, 2.05) is 0 Å². The molecule has 11 heteroatoms. The summed E-state index contributed by atoms with van der Waals surface area (Å²) in [5.41, 5.74) is -2.83. The van der Waals surface area contributed by atoms with Crippen molar-refractivity contribution in [3.8, 4) is 17.2 Å². The second-order valence-electron chi connectivity index (χ2n) is 7.22. The fourth-order valence-corrected chi connectivity index (χ4v) is 3.13. The Morgan fingerprint density at radius 1 is 1.06 bits per heavy atom. The van der Waals surface area contributed by atoms with Crippen molar-refractivity contribution in [2.45, 2.75) is 25.8 Å². The van der Waals surface area contributed by atoms with E-state index in [2.05, 4.69) is 4.74 Å². The largest absolute Gasteiger partial charge is 0.489 e. The van der Waals surface area contributed by atoms with Gasteiger partial charge in [0.25, 0.3) is 5.56 Å². The molecule has 0 spiro atoms. The molecule has 0 saturated heterocycles. The van der Waals surface area contributed by atoms with E-state index in [-0.39, 0.29) is 12.3 Å². The first-order valence-electron chi connectivity index (χ1n) is 9.99. The maximum Gasteiger partial charge on any atom is 0.431 e.